The average Bonchev–Trinajstić information content (AvgIpc) is 2.51. The monoisotopic (exact) mass is 507 g/mol. The maximum atomic E-state index is 12.5. The number of nitrogens with zero attached hydrogens (tertiary/aromatic N) is 1. The second-order valence-corrected chi connectivity index (χ2v) is 8.15. The van der Waals surface area contributed by atoms with Crippen LogP contribution >= 0.6 is 11.6 Å². The molecule has 0 aliphatic carbocycles. The quantitative estimate of drug-likeness (QED) is 0.355. The second-order valence-electron chi connectivity index (χ2n) is 4.92. The molecule has 0 saturated heterocycles. The van der Waals surface area contributed by atoms with Crippen molar-refractivity contribution < 1.29 is 14.5 Å². The minimum atomic E-state index is -0.480. The number of benzene rings is 2. The number of non-ortho nitro benzene ring substituents is 1. The third-order valence-corrected chi connectivity index (χ3v) is 6.27. The van der Waals surface area contributed by atoms with Crippen LogP contribution in [-0.2, 0) is 0 Å². The van der Waals surface area contributed by atoms with Crippen LogP contribution in [0.4, 0.5) is 5.69 Å². The molecule has 0 unspecified atom stereocenters. The van der Waals surface area contributed by atoms with Gasteiger partial charge in [0, 0.05) is 0 Å². The SMILES string of the molecule is O=C1c2cc(Cl)ccc2O[C@@H](c2cccc([N+](=O)[O-])c2)[C@@H]1[Tl]. The Balaban J connectivity index is 2.03. The van der Waals surface area contributed by atoms with Crippen molar-refractivity contribution in [3.63, 3.8) is 0 Å². The van der Waals surface area contributed by atoms with E-state index in [2.05, 4.69) is 0 Å². The molecule has 22 heavy (non-hydrogen) atoms. The Labute approximate surface area is 147 Å². The average molecular weight is 507 g/mol. The van der Waals surface area contributed by atoms with Gasteiger partial charge in [0.1, 0.15) is 0 Å². The number of carbonyl (C=O) groups excluding carboxylic acids is 1. The summed E-state index contributed by atoms with van der Waals surface area (Å²) in [6.07, 6.45) is -0.480. The molecule has 7 heteroatoms. The van der Waals surface area contributed by atoms with Crippen LogP contribution in [0, 0.1) is 10.1 Å². The molecule has 108 valence electrons. The Bertz CT molecular complexity index is 780. The molecule has 0 amide bonds. The van der Waals surface area contributed by atoms with Crippen molar-refractivity contribution in [2.24, 2.45) is 0 Å². The standard InChI is InChI=1S/C15H9ClNO4.Tl/c16-10-4-5-14-12(7-10)13(18)8-15(21-14)9-2-1-3-11(6-9)17(19)20;/h1-8,15H;/t15-;/m1./s1. The van der Waals surface area contributed by atoms with E-state index in [4.69, 9.17) is 16.3 Å². The summed E-state index contributed by atoms with van der Waals surface area (Å²) in [4.78, 5) is 23.0. The zero-order chi connectivity index (χ0) is 15.9. The molecule has 0 spiro atoms. The van der Waals surface area contributed by atoms with Gasteiger partial charge in [-0.3, -0.25) is 0 Å². The van der Waals surface area contributed by atoms with E-state index in [9.17, 15) is 14.9 Å². The summed E-state index contributed by atoms with van der Waals surface area (Å²) in [5.41, 5.74) is 1.13. The molecule has 1 aliphatic rings. The zero-order valence-corrected chi connectivity index (χ0v) is 16.5. The van der Waals surface area contributed by atoms with Crippen LogP contribution in [0.1, 0.15) is 22.0 Å². The van der Waals surface area contributed by atoms with Gasteiger partial charge in [-0.05, 0) is 0 Å². The van der Waals surface area contributed by atoms with Gasteiger partial charge in [0.2, 0.25) is 0 Å². The number of halogens is 1. The number of nitro groups is 1. The summed E-state index contributed by atoms with van der Waals surface area (Å²) < 4.78 is 5.65. The molecule has 1 heterocycles. The fourth-order valence-electron chi connectivity index (χ4n) is 2.42. The van der Waals surface area contributed by atoms with Gasteiger partial charge in [-0.15, -0.1) is 0 Å². The molecule has 0 bridgehead atoms. The Kier molecular flexibility index (Phi) is 4.18. The molecule has 0 saturated carbocycles. The predicted octanol–water partition coefficient (Wildman–Crippen LogP) is 3.52. The molecule has 3 rings (SSSR count). The summed E-state index contributed by atoms with van der Waals surface area (Å²) in [7, 11) is 0. The first kappa shape index (κ1) is 15.4. The van der Waals surface area contributed by atoms with Gasteiger partial charge < -0.3 is 0 Å². The molecule has 0 radical (unpaired) electrons. The van der Waals surface area contributed by atoms with Crippen molar-refractivity contribution in [2.45, 2.75) is 9.58 Å². The fourth-order valence-corrected chi connectivity index (χ4v) is 4.45. The van der Waals surface area contributed by atoms with E-state index in [0.29, 0.717) is 47.7 Å². The van der Waals surface area contributed by atoms with Crippen molar-refractivity contribution in [1.29, 1.82) is 0 Å². The van der Waals surface area contributed by atoms with Gasteiger partial charge in [-0.2, -0.15) is 0 Å². The summed E-state index contributed by atoms with van der Waals surface area (Å²) in [5, 5.41) is 11.4. The fraction of sp³-hybridized carbons (Fsp3) is 0.133. The minimum absolute atomic E-state index is 0.00680. The molecule has 2 aromatic carbocycles. The molecule has 0 N–H and O–H groups in total. The topological polar surface area (TPSA) is 69.4 Å². The third kappa shape index (κ3) is 2.74. The number of ether oxygens (including phenoxy) is 1. The van der Waals surface area contributed by atoms with E-state index in [1.54, 1.807) is 30.3 Å². The first-order valence-electron chi connectivity index (χ1n) is 6.48. The van der Waals surface area contributed by atoms with E-state index in [1.165, 1.54) is 12.1 Å². The number of rotatable bonds is 2. The van der Waals surface area contributed by atoms with Crippen LogP contribution in [0.2, 0.25) is 8.50 Å². The number of ketones is 1. The summed E-state index contributed by atoms with van der Waals surface area (Å²) in [6.45, 7) is 0. The number of fused-ring (bicyclic) bond motifs is 1. The number of hydrogen-bond acceptors (Lipinski definition) is 4. The van der Waals surface area contributed by atoms with Crippen LogP contribution in [0.3, 0.4) is 0 Å². The summed E-state index contributed by atoms with van der Waals surface area (Å²) >= 11 is 6.27. The number of nitro benzene ring substituents is 1. The molecule has 2 atom stereocenters. The Morgan fingerprint density at radius 3 is 2.73 bits per heavy atom. The first-order chi connectivity index (χ1) is 10.5. The van der Waals surface area contributed by atoms with Crippen LogP contribution in [-0.4, -0.2) is 36.5 Å². The van der Waals surface area contributed by atoms with Gasteiger partial charge >= 0.3 is 147 Å². The zero-order valence-electron chi connectivity index (χ0n) is 11.2. The van der Waals surface area contributed by atoms with Gasteiger partial charge in [0.05, 0.1) is 0 Å². The summed E-state index contributed by atoms with van der Waals surface area (Å²) in [5.74, 6) is 0.466. The van der Waals surface area contributed by atoms with E-state index in [1.807, 2.05) is 0 Å². The Hall–Kier alpha value is -1.48. The molecular weight excluding hydrogens is 498 g/mol. The van der Waals surface area contributed by atoms with Crippen molar-refractivity contribution in [1.82, 2.24) is 0 Å². The first-order valence-corrected chi connectivity index (χ1v) is 9.44. The van der Waals surface area contributed by atoms with Crippen LogP contribution in [0.15, 0.2) is 42.5 Å². The second kappa shape index (κ2) is 5.96. The maximum absolute atomic E-state index is 12.5. The van der Waals surface area contributed by atoms with Crippen molar-refractivity contribution in [3.05, 3.63) is 68.7 Å². The third-order valence-electron chi connectivity index (χ3n) is 3.50. The molecule has 0 aromatic heterocycles. The van der Waals surface area contributed by atoms with Crippen LogP contribution in [0.5, 0.6) is 5.75 Å². The summed E-state index contributed by atoms with van der Waals surface area (Å²) in [6, 6.07) is 11.2. The Morgan fingerprint density at radius 2 is 2.00 bits per heavy atom. The molecule has 1 aliphatic heterocycles. The normalized spacial score (nSPS) is 20.1. The number of Topliss-reactive ketones (excluding diaryl/α,β-unsaturated/α-hetero) is 1. The van der Waals surface area contributed by atoms with E-state index >= 15 is 0 Å². The molecule has 5 nitrogen and oxygen atoms in total. The van der Waals surface area contributed by atoms with E-state index < -0.39 is 11.0 Å². The van der Waals surface area contributed by atoms with Gasteiger partial charge in [0.15, 0.2) is 0 Å². The Morgan fingerprint density at radius 1 is 1.23 bits per heavy atom. The van der Waals surface area contributed by atoms with Gasteiger partial charge in [-0.1, -0.05) is 0 Å². The van der Waals surface area contributed by atoms with E-state index in [-0.39, 0.29) is 14.9 Å². The molecule has 0 fully saturated rings. The number of carbonyl (C=O) groups is 1. The van der Waals surface area contributed by atoms with Crippen molar-refractivity contribution in [3.8, 4) is 5.75 Å². The van der Waals surface area contributed by atoms with Crippen molar-refractivity contribution in [2.75, 3.05) is 0 Å². The van der Waals surface area contributed by atoms with Crippen molar-refractivity contribution >= 4 is 48.8 Å². The van der Waals surface area contributed by atoms with Crippen LogP contribution < -0.4 is 4.74 Å². The molecular formula is C15H9ClNO4Tl. The number of hydrogen-bond donors (Lipinski definition) is 0. The van der Waals surface area contributed by atoms with Crippen LogP contribution in [0.25, 0.3) is 0 Å². The van der Waals surface area contributed by atoms with Gasteiger partial charge in [0.25, 0.3) is 0 Å². The van der Waals surface area contributed by atoms with Gasteiger partial charge in [-0.25, -0.2) is 0 Å². The predicted molar refractivity (Wildman–Crippen MR) is 81.8 cm³/mol. The molecule has 2 aromatic rings. The van der Waals surface area contributed by atoms with E-state index in [0.717, 1.165) is 0 Å².